The smallest absolute Gasteiger partial charge is 0.120 e. The van der Waals surface area contributed by atoms with E-state index in [1.54, 1.807) is 0 Å². The normalized spacial score (nSPS) is 13.8. The van der Waals surface area contributed by atoms with Crippen LogP contribution in [-0.2, 0) is 0 Å². The van der Waals surface area contributed by atoms with Gasteiger partial charge in [-0.1, -0.05) is 159 Å². The van der Waals surface area contributed by atoms with E-state index in [9.17, 15) is 0 Å². The third-order valence-corrected chi connectivity index (χ3v) is 12.0. The van der Waals surface area contributed by atoms with Crippen molar-refractivity contribution in [2.24, 2.45) is 16.7 Å². The molecule has 1 aromatic heterocycles. The summed E-state index contributed by atoms with van der Waals surface area (Å²) in [5.74, 6) is 1.55. The van der Waals surface area contributed by atoms with Gasteiger partial charge in [0.2, 0.25) is 0 Å². The van der Waals surface area contributed by atoms with Crippen LogP contribution in [0.5, 0.6) is 5.75 Å². The molecule has 3 nitrogen and oxygen atoms in total. The molecule has 1 heterocycles. The first-order chi connectivity index (χ1) is 30.9. The van der Waals surface area contributed by atoms with E-state index < -0.39 is 0 Å². The molecule has 0 saturated heterocycles. The van der Waals surface area contributed by atoms with Crippen LogP contribution in [0.2, 0.25) is 0 Å². The largest absolute Gasteiger partial charge is 0.488 e. The molecule has 2 unspecified atom stereocenters. The molecular weight excluding hydrogens is 789 g/mol. The number of ether oxygens (including phenoxy) is 1. The van der Waals surface area contributed by atoms with Crippen LogP contribution in [0.15, 0.2) is 188 Å². The number of rotatable bonds is 14. The fraction of sp³-hybridized carbons (Fsp3) is 0.290. The Labute approximate surface area is 390 Å². The van der Waals surface area contributed by atoms with E-state index in [-0.39, 0.29) is 22.3 Å². The van der Waals surface area contributed by atoms with Crippen LogP contribution in [0.4, 0.5) is 11.4 Å². The summed E-state index contributed by atoms with van der Waals surface area (Å²) >= 11 is 0. The highest BCUT2D eigenvalue weighted by atomic mass is 16.5. The number of hydrogen-bond donors (Lipinski definition) is 0. The van der Waals surface area contributed by atoms with Gasteiger partial charge in [0.1, 0.15) is 11.4 Å². The highest BCUT2D eigenvalue weighted by Gasteiger charge is 2.30. The van der Waals surface area contributed by atoms with Crippen molar-refractivity contribution < 1.29 is 4.74 Å². The Kier molecular flexibility index (Phi) is 13.9. The zero-order valence-electron chi connectivity index (χ0n) is 40.8. The number of aromatic nitrogens is 1. The lowest BCUT2D eigenvalue weighted by molar-refractivity contribution is 0.131. The van der Waals surface area contributed by atoms with Gasteiger partial charge in [0.15, 0.2) is 0 Å². The lowest BCUT2D eigenvalue weighted by atomic mass is 9.69. The van der Waals surface area contributed by atoms with E-state index in [0.717, 1.165) is 41.4 Å². The van der Waals surface area contributed by atoms with Crippen molar-refractivity contribution in [3.63, 3.8) is 0 Å². The Balaban J connectivity index is 1.33. The number of fused-ring (bicyclic) bond motifs is 3. The van der Waals surface area contributed by atoms with Gasteiger partial charge in [0.05, 0.1) is 11.0 Å². The Hall–Kier alpha value is -6.32. The number of nitrogens with zero attached hydrogens (tertiary/aromatic N) is 2. The number of anilines is 2. The minimum Gasteiger partial charge on any atom is -0.488 e. The maximum absolute atomic E-state index is 6.23. The zero-order chi connectivity index (χ0) is 46.5. The van der Waals surface area contributed by atoms with Gasteiger partial charge in [-0.2, -0.15) is 0 Å². The molecule has 0 amide bonds. The van der Waals surface area contributed by atoms with Gasteiger partial charge in [-0.05, 0) is 163 Å². The molecule has 0 fully saturated rings. The standard InChI is InChI=1S/C62H70N2O/c1-13-15-20-44(3)40-53(21-16-14-2)63(50-22-18-17-19-23-50)51-32-28-46(29-33-51)49-31-39-59-56(42-49)55-41-48(45-24-26-47(27-25-45)57(61(7,8)9)43-60(4,5)6)30-38-58(55)64(59)52-34-36-54(37-35-52)65-62(10,11)12/h13,15-42,44,57H,1,14,43H2,2-12H3/b20-15-,21-16-,53-40+. The summed E-state index contributed by atoms with van der Waals surface area (Å²) in [4.78, 5) is 2.35. The first kappa shape index (κ1) is 46.7. The van der Waals surface area contributed by atoms with Crippen LogP contribution in [0.25, 0.3) is 49.7 Å². The van der Waals surface area contributed by atoms with Crippen molar-refractivity contribution in [3.8, 4) is 33.7 Å². The van der Waals surface area contributed by atoms with Crippen molar-refractivity contribution in [1.29, 1.82) is 0 Å². The first-order valence-corrected chi connectivity index (χ1v) is 23.5. The van der Waals surface area contributed by atoms with Gasteiger partial charge < -0.3 is 14.2 Å². The second-order valence-electron chi connectivity index (χ2n) is 20.9. The maximum Gasteiger partial charge on any atom is 0.120 e. The number of para-hydroxylation sites is 1. The van der Waals surface area contributed by atoms with Gasteiger partial charge >= 0.3 is 0 Å². The molecule has 0 radical (unpaired) electrons. The summed E-state index contributed by atoms with van der Waals surface area (Å²) in [6.45, 7) is 28.7. The molecule has 0 saturated carbocycles. The fourth-order valence-corrected chi connectivity index (χ4v) is 8.97. The Morgan fingerprint density at radius 2 is 1.20 bits per heavy atom. The zero-order valence-corrected chi connectivity index (χ0v) is 40.8. The molecule has 0 spiro atoms. The molecule has 0 bridgehead atoms. The lowest BCUT2D eigenvalue weighted by Crippen LogP contribution is -2.23. The van der Waals surface area contributed by atoms with Gasteiger partial charge in [-0.25, -0.2) is 0 Å². The van der Waals surface area contributed by atoms with Crippen LogP contribution in [-0.4, -0.2) is 10.2 Å². The highest BCUT2D eigenvalue weighted by Crippen LogP contribution is 2.44. The van der Waals surface area contributed by atoms with Crippen LogP contribution >= 0.6 is 0 Å². The van der Waals surface area contributed by atoms with Gasteiger partial charge in [0, 0.05) is 33.5 Å². The summed E-state index contributed by atoms with van der Waals surface area (Å²) < 4.78 is 8.62. The van der Waals surface area contributed by atoms with Crippen LogP contribution in [0.3, 0.4) is 0 Å². The predicted octanol–water partition coefficient (Wildman–Crippen LogP) is 18.2. The molecule has 3 heteroatoms. The summed E-state index contributed by atoms with van der Waals surface area (Å²) in [5.41, 5.74) is 13.1. The minimum atomic E-state index is -0.274. The average molecular weight is 859 g/mol. The highest BCUT2D eigenvalue weighted by molar-refractivity contribution is 6.11. The molecule has 7 aromatic rings. The van der Waals surface area contributed by atoms with Crippen LogP contribution < -0.4 is 9.64 Å². The number of allylic oxidation sites excluding steroid dienone is 6. The van der Waals surface area contributed by atoms with Crippen molar-refractivity contribution in [3.05, 3.63) is 194 Å². The van der Waals surface area contributed by atoms with Crippen molar-refractivity contribution in [2.45, 2.75) is 101 Å². The monoisotopic (exact) mass is 859 g/mol. The quantitative estimate of drug-likeness (QED) is 0.101. The van der Waals surface area contributed by atoms with E-state index >= 15 is 0 Å². The topological polar surface area (TPSA) is 17.4 Å². The van der Waals surface area contributed by atoms with E-state index in [2.05, 4.69) is 256 Å². The van der Waals surface area contributed by atoms with E-state index in [4.69, 9.17) is 4.74 Å². The van der Waals surface area contributed by atoms with Gasteiger partial charge in [-0.15, -0.1) is 0 Å². The third kappa shape index (κ3) is 11.3. The fourth-order valence-electron chi connectivity index (χ4n) is 8.97. The van der Waals surface area contributed by atoms with E-state index in [1.165, 1.54) is 49.6 Å². The van der Waals surface area contributed by atoms with Crippen molar-refractivity contribution in [1.82, 2.24) is 4.57 Å². The molecule has 0 N–H and O–H groups in total. The van der Waals surface area contributed by atoms with E-state index in [0.29, 0.717) is 5.92 Å². The summed E-state index contributed by atoms with van der Waals surface area (Å²) in [6, 6.07) is 51.5. The molecule has 0 aliphatic rings. The molecule has 2 atom stereocenters. The molecule has 7 rings (SSSR count). The molecule has 0 aliphatic heterocycles. The molecular formula is C62H70N2O. The third-order valence-electron chi connectivity index (χ3n) is 12.0. The predicted molar refractivity (Wildman–Crippen MR) is 283 cm³/mol. The van der Waals surface area contributed by atoms with Crippen LogP contribution in [0.1, 0.15) is 100 Å². The Morgan fingerprint density at radius 3 is 1.71 bits per heavy atom. The van der Waals surface area contributed by atoms with Crippen molar-refractivity contribution >= 4 is 33.2 Å². The second kappa shape index (κ2) is 19.4. The number of benzene rings is 6. The van der Waals surface area contributed by atoms with Crippen LogP contribution in [0, 0.1) is 16.7 Å². The Morgan fingerprint density at radius 1 is 0.662 bits per heavy atom. The summed E-state index contributed by atoms with van der Waals surface area (Å²) in [6.07, 6.45) is 14.9. The Bertz CT molecular complexity index is 2800. The lowest BCUT2D eigenvalue weighted by Gasteiger charge is -2.36. The van der Waals surface area contributed by atoms with Gasteiger partial charge in [-0.3, -0.25) is 0 Å². The SMILES string of the molecule is C=C/C=C\C(C)/C=C(\C=C/CC)N(c1ccccc1)c1ccc(-c2ccc3c(c2)c2cc(-c4ccc(C(CC(C)(C)C)C(C)(C)C)cc4)ccc2n3-c2ccc(OC(C)(C)C)cc2)cc1. The molecule has 334 valence electrons. The summed E-state index contributed by atoms with van der Waals surface area (Å²) in [7, 11) is 0. The van der Waals surface area contributed by atoms with Gasteiger partial charge in [0.25, 0.3) is 0 Å². The average Bonchev–Trinajstić information content (AvgIpc) is 3.59. The first-order valence-electron chi connectivity index (χ1n) is 23.5. The minimum absolute atomic E-state index is 0.166. The van der Waals surface area contributed by atoms with E-state index in [1.807, 2.05) is 12.2 Å². The molecule has 65 heavy (non-hydrogen) atoms. The summed E-state index contributed by atoms with van der Waals surface area (Å²) in [5, 5.41) is 2.44. The number of hydrogen-bond acceptors (Lipinski definition) is 2. The van der Waals surface area contributed by atoms with Crippen molar-refractivity contribution in [2.75, 3.05) is 4.90 Å². The molecule has 6 aromatic carbocycles. The maximum atomic E-state index is 6.23. The second-order valence-corrected chi connectivity index (χ2v) is 20.9. The molecule has 0 aliphatic carbocycles.